The number of aliphatic hydroxyl groups is 1. The number of amides is 6. The molecule has 6 amide bonds. The van der Waals surface area contributed by atoms with Crippen molar-refractivity contribution in [1.82, 2.24) is 39.9 Å². The van der Waals surface area contributed by atoms with Crippen molar-refractivity contribution in [2.24, 2.45) is 17.8 Å². The van der Waals surface area contributed by atoms with Gasteiger partial charge in [0.2, 0.25) is 5.91 Å². The SMILES string of the molecule is COc1ccc(C(=O)N2CCC(CN3CCN(Cc4ccc(-c5cc6c(-c7cc(F)cc(NC(=O)N8C[C@H](CC(C)C)[C@@H](O)C8)c7C)ncnc6[nH]5)cc4)CC3)CC2)cc1N1CCC(=O)NC1=O. The molecule has 0 radical (unpaired) electrons. The molecular formula is C51H61FN10O6. The molecule has 4 saturated heterocycles. The zero-order chi connectivity index (χ0) is 47.6. The third kappa shape index (κ3) is 10.2. The number of fused-ring (bicyclic) bond motifs is 1. The van der Waals surface area contributed by atoms with Gasteiger partial charge < -0.3 is 34.8 Å². The molecule has 3 aromatic carbocycles. The van der Waals surface area contributed by atoms with Gasteiger partial charge >= 0.3 is 12.1 Å². The molecule has 0 unspecified atom stereocenters. The Hall–Kier alpha value is -6.43. The van der Waals surface area contributed by atoms with Crippen LogP contribution in [0, 0.1) is 30.5 Å². The lowest BCUT2D eigenvalue weighted by atomic mass is 9.95. The number of halogens is 1. The standard InChI is InChI=1S/C51H61FN10O6/c1-31(2)21-37-28-61(29-44(37)63)50(66)56-41-24-38(52)23-39(32(41)3)47-40-25-42(55-48(40)54-30-53-47)35-7-5-33(6-8-35)26-58-17-19-59(20-18-58)27-34-11-14-60(15-12-34)49(65)36-9-10-45(68-4)43(22-36)62-16-13-46(64)57-51(62)67/h5-10,22-25,30-31,34,37,44,63H,11-21,26-29H2,1-4H3,(H,56,66)(H,53,54,55)(H,57,64,67)/t37-,44-/m0/s1. The van der Waals surface area contributed by atoms with Crippen molar-refractivity contribution in [2.75, 3.05) is 82.8 Å². The lowest BCUT2D eigenvalue weighted by Crippen LogP contribution is -2.49. The third-order valence-corrected chi connectivity index (χ3v) is 14.1. The van der Waals surface area contributed by atoms with Crippen molar-refractivity contribution in [2.45, 2.75) is 59.1 Å². The molecule has 358 valence electrons. The summed E-state index contributed by atoms with van der Waals surface area (Å²) in [6, 6.07) is 17.5. The maximum absolute atomic E-state index is 15.2. The number of imide groups is 1. The lowest BCUT2D eigenvalue weighted by molar-refractivity contribution is -0.120. The number of ether oxygens (including phenoxy) is 1. The number of H-pyrrole nitrogens is 1. The number of carbonyl (C=O) groups excluding carboxylic acids is 4. The maximum atomic E-state index is 15.2. The fourth-order valence-corrected chi connectivity index (χ4v) is 10.3. The van der Waals surface area contributed by atoms with E-state index in [1.807, 2.05) is 17.9 Å². The van der Waals surface area contributed by atoms with Gasteiger partial charge in [0.05, 0.1) is 24.6 Å². The molecule has 0 spiro atoms. The number of piperidine rings is 1. The van der Waals surface area contributed by atoms with Gasteiger partial charge in [-0.3, -0.25) is 24.7 Å². The average molecular weight is 929 g/mol. The highest BCUT2D eigenvalue weighted by Gasteiger charge is 2.35. The first-order chi connectivity index (χ1) is 32.8. The highest BCUT2D eigenvalue weighted by atomic mass is 19.1. The first kappa shape index (κ1) is 46.7. The summed E-state index contributed by atoms with van der Waals surface area (Å²) in [5, 5.41) is 16.6. The van der Waals surface area contributed by atoms with E-state index in [0.29, 0.717) is 76.6 Å². The number of nitrogens with zero attached hydrogens (tertiary/aromatic N) is 7. The fraction of sp³-hybridized carbons (Fsp3) is 0.451. The minimum atomic E-state index is -0.585. The smallest absolute Gasteiger partial charge is 0.328 e. The topological polar surface area (TPSA) is 180 Å². The minimum absolute atomic E-state index is 0.00972. The summed E-state index contributed by atoms with van der Waals surface area (Å²) in [7, 11) is 1.52. The summed E-state index contributed by atoms with van der Waals surface area (Å²) in [6.45, 7) is 14.1. The van der Waals surface area contributed by atoms with E-state index in [4.69, 9.17) is 4.74 Å². The normalized spacial score (nSPS) is 19.8. The van der Waals surface area contributed by atoms with E-state index in [0.717, 1.165) is 75.2 Å². The van der Waals surface area contributed by atoms with Crippen LogP contribution in [-0.2, 0) is 11.3 Å². The molecule has 2 atom stereocenters. The number of aromatic amines is 1. The Bertz CT molecular complexity index is 2680. The molecule has 0 bridgehead atoms. The van der Waals surface area contributed by atoms with Crippen LogP contribution in [0.5, 0.6) is 5.75 Å². The van der Waals surface area contributed by atoms with Crippen molar-refractivity contribution in [3.63, 3.8) is 0 Å². The summed E-state index contributed by atoms with van der Waals surface area (Å²) in [5.74, 6) is 0.496. The summed E-state index contributed by atoms with van der Waals surface area (Å²) >= 11 is 0. The van der Waals surface area contributed by atoms with E-state index >= 15 is 4.39 Å². The first-order valence-electron chi connectivity index (χ1n) is 23.8. The van der Waals surface area contributed by atoms with Crippen LogP contribution >= 0.6 is 0 Å². The highest BCUT2D eigenvalue weighted by molar-refractivity contribution is 6.07. The molecule has 9 rings (SSSR count). The van der Waals surface area contributed by atoms with Crippen molar-refractivity contribution >= 4 is 46.3 Å². The number of β-amino-alcohol motifs (C(OH)–C–C–N with tert-alkyl or cyclic N) is 1. The molecule has 4 aliphatic heterocycles. The number of aromatic nitrogens is 3. The van der Waals surface area contributed by atoms with E-state index in [-0.39, 0.29) is 43.3 Å². The summed E-state index contributed by atoms with van der Waals surface area (Å²) in [4.78, 5) is 73.7. The van der Waals surface area contributed by atoms with Crippen LogP contribution in [0.3, 0.4) is 0 Å². The Morgan fingerprint density at radius 3 is 2.38 bits per heavy atom. The molecule has 4 N–H and O–H groups in total. The van der Waals surface area contributed by atoms with Gasteiger partial charge in [-0.25, -0.2) is 23.9 Å². The van der Waals surface area contributed by atoms with Gasteiger partial charge in [-0.05, 0) is 91.1 Å². The van der Waals surface area contributed by atoms with Crippen LogP contribution in [0.1, 0.15) is 61.0 Å². The molecule has 68 heavy (non-hydrogen) atoms. The van der Waals surface area contributed by atoms with Gasteiger partial charge in [0.25, 0.3) is 5.91 Å². The van der Waals surface area contributed by atoms with Crippen LogP contribution in [0.4, 0.5) is 25.4 Å². The monoisotopic (exact) mass is 928 g/mol. The van der Waals surface area contributed by atoms with E-state index in [1.165, 1.54) is 36.0 Å². The number of hydrogen-bond donors (Lipinski definition) is 4. The van der Waals surface area contributed by atoms with Crippen LogP contribution in [-0.4, -0.2) is 142 Å². The highest BCUT2D eigenvalue weighted by Crippen LogP contribution is 2.36. The van der Waals surface area contributed by atoms with Crippen molar-refractivity contribution in [3.05, 3.63) is 89.5 Å². The second kappa shape index (κ2) is 20.0. The molecule has 4 fully saturated rings. The Morgan fingerprint density at radius 1 is 0.912 bits per heavy atom. The lowest BCUT2D eigenvalue weighted by Gasteiger charge is -2.39. The van der Waals surface area contributed by atoms with E-state index in [9.17, 15) is 24.3 Å². The number of urea groups is 2. The second-order valence-corrected chi connectivity index (χ2v) is 19.2. The average Bonchev–Trinajstić information content (AvgIpc) is 3.94. The van der Waals surface area contributed by atoms with Gasteiger partial charge in [0, 0.05) is 112 Å². The summed E-state index contributed by atoms with van der Waals surface area (Å²) in [5.41, 5.74) is 6.80. The summed E-state index contributed by atoms with van der Waals surface area (Å²) in [6.07, 6.45) is 3.74. The molecule has 6 heterocycles. The Labute approximate surface area is 395 Å². The van der Waals surface area contributed by atoms with E-state index < -0.39 is 18.0 Å². The van der Waals surface area contributed by atoms with Gasteiger partial charge in [-0.15, -0.1) is 0 Å². The van der Waals surface area contributed by atoms with Gasteiger partial charge in [0.15, 0.2) is 0 Å². The van der Waals surface area contributed by atoms with Gasteiger partial charge in [0.1, 0.15) is 23.5 Å². The molecule has 0 saturated carbocycles. The first-order valence-corrected chi connectivity index (χ1v) is 23.8. The van der Waals surface area contributed by atoms with Gasteiger partial charge in [-0.2, -0.15) is 0 Å². The van der Waals surface area contributed by atoms with Crippen LogP contribution in [0.2, 0.25) is 0 Å². The number of aliphatic hydroxyl groups excluding tert-OH is 1. The van der Waals surface area contributed by atoms with Gasteiger partial charge in [-0.1, -0.05) is 38.1 Å². The summed E-state index contributed by atoms with van der Waals surface area (Å²) < 4.78 is 20.7. The molecule has 16 nitrogen and oxygen atoms in total. The number of nitrogens with one attached hydrogen (secondary N) is 3. The molecule has 17 heteroatoms. The third-order valence-electron chi connectivity index (χ3n) is 14.1. The minimum Gasteiger partial charge on any atom is -0.495 e. The Balaban J connectivity index is 0.764. The molecule has 0 aliphatic carbocycles. The molecule has 2 aromatic heterocycles. The van der Waals surface area contributed by atoms with Crippen molar-refractivity contribution in [3.8, 4) is 28.3 Å². The van der Waals surface area contributed by atoms with Crippen LogP contribution in [0.15, 0.2) is 67.0 Å². The number of hydrogen-bond acceptors (Lipinski definition) is 10. The molecule has 4 aliphatic rings. The van der Waals surface area contributed by atoms with Crippen molar-refractivity contribution in [1.29, 1.82) is 0 Å². The van der Waals surface area contributed by atoms with E-state index in [1.54, 1.807) is 23.1 Å². The maximum Gasteiger partial charge on any atom is 0.328 e. The van der Waals surface area contributed by atoms with Crippen LogP contribution < -0.4 is 20.3 Å². The predicted molar refractivity (Wildman–Crippen MR) is 258 cm³/mol. The van der Waals surface area contributed by atoms with Crippen LogP contribution in [0.25, 0.3) is 33.5 Å². The second-order valence-electron chi connectivity index (χ2n) is 19.2. The Kier molecular flexibility index (Phi) is 13.8. The molecular weight excluding hydrogens is 868 g/mol. The largest absolute Gasteiger partial charge is 0.495 e. The van der Waals surface area contributed by atoms with E-state index in [2.05, 4.69) is 73.5 Å². The van der Waals surface area contributed by atoms with Crippen molar-refractivity contribution < 1.29 is 33.4 Å². The predicted octanol–water partition coefficient (Wildman–Crippen LogP) is 6.74. The number of piperazine rings is 1. The quantitative estimate of drug-likeness (QED) is 0.105. The number of methoxy groups -OCH3 is 1. The number of likely N-dealkylation sites (tertiary alicyclic amines) is 2. The fourth-order valence-electron chi connectivity index (χ4n) is 10.3. The zero-order valence-electron chi connectivity index (χ0n) is 39.3. The zero-order valence-corrected chi connectivity index (χ0v) is 39.3. The molecule has 5 aromatic rings. The number of carbonyl (C=O) groups is 4. The number of benzene rings is 3. The number of anilines is 2. The Morgan fingerprint density at radius 2 is 1.66 bits per heavy atom. The number of rotatable bonds is 12.